The Balaban J connectivity index is 1.97. The fourth-order valence-corrected chi connectivity index (χ4v) is 6.28. The van der Waals surface area contributed by atoms with Gasteiger partial charge in [-0.1, -0.05) is 30.7 Å². The van der Waals surface area contributed by atoms with Gasteiger partial charge in [0, 0.05) is 34.8 Å². The molecule has 3 aromatic rings. The second-order valence-electron chi connectivity index (χ2n) is 8.82. The van der Waals surface area contributed by atoms with Gasteiger partial charge >= 0.3 is 5.97 Å². The minimum absolute atomic E-state index is 0.0508. The average Bonchev–Trinajstić information content (AvgIpc) is 3.06. The Labute approximate surface area is 198 Å². The summed E-state index contributed by atoms with van der Waals surface area (Å²) in [5.41, 5.74) is 3.22. The maximum Gasteiger partial charge on any atom is 0.307 e. The molecule has 8 heteroatoms. The zero-order valence-corrected chi connectivity index (χ0v) is 20.2. The second-order valence-corrected chi connectivity index (χ2v) is 11.2. The number of carboxylic acid groups (broad SMARTS) is 1. The molecule has 176 valence electrons. The molecule has 1 aliphatic carbocycles. The number of aryl methyl sites for hydroxylation is 3. The molecule has 1 aliphatic rings. The summed E-state index contributed by atoms with van der Waals surface area (Å²) in [6, 6.07) is 9.91. The molecular weight excluding hydrogens is 465 g/mol. The van der Waals surface area contributed by atoms with E-state index in [-0.39, 0.29) is 10.8 Å². The molecule has 0 amide bonds. The summed E-state index contributed by atoms with van der Waals surface area (Å²) in [6.45, 7) is 2.31. The van der Waals surface area contributed by atoms with E-state index in [4.69, 9.17) is 11.6 Å². The summed E-state index contributed by atoms with van der Waals surface area (Å²) < 4.78 is 41.8. The molecule has 0 fully saturated rings. The molecule has 33 heavy (non-hydrogen) atoms. The molecule has 2 atom stereocenters. The molecule has 5 nitrogen and oxygen atoms in total. The van der Waals surface area contributed by atoms with E-state index in [1.165, 1.54) is 6.07 Å². The van der Waals surface area contributed by atoms with Crippen molar-refractivity contribution in [3.05, 3.63) is 64.1 Å². The van der Waals surface area contributed by atoms with Crippen LogP contribution in [0.1, 0.15) is 48.9 Å². The normalized spacial score (nSPS) is 17.2. The maximum atomic E-state index is 14.6. The number of fused-ring (bicyclic) bond motifs is 3. The molecule has 0 bridgehead atoms. The van der Waals surface area contributed by atoms with Crippen LogP contribution in [0.25, 0.3) is 10.9 Å². The lowest BCUT2D eigenvalue weighted by atomic mass is 9.77. The van der Waals surface area contributed by atoms with Crippen LogP contribution in [0.15, 0.2) is 41.3 Å². The van der Waals surface area contributed by atoms with Gasteiger partial charge in [0.1, 0.15) is 5.82 Å². The number of carbonyl (C=O) groups is 1. The lowest BCUT2D eigenvalue weighted by Gasteiger charge is -2.30. The van der Waals surface area contributed by atoms with E-state index in [1.807, 2.05) is 23.6 Å². The lowest BCUT2D eigenvalue weighted by Crippen LogP contribution is -2.27. The van der Waals surface area contributed by atoms with Crippen LogP contribution in [0.5, 0.6) is 0 Å². The van der Waals surface area contributed by atoms with Gasteiger partial charge in [-0.25, -0.2) is 12.8 Å². The largest absolute Gasteiger partial charge is 0.481 e. The van der Waals surface area contributed by atoms with Crippen LogP contribution in [0.3, 0.4) is 0 Å². The molecule has 0 radical (unpaired) electrons. The highest BCUT2D eigenvalue weighted by molar-refractivity contribution is 7.91. The first-order chi connectivity index (χ1) is 15.6. The summed E-state index contributed by atoms with van der Waals surface area (Å²) in [5.74, 6) is -2.31. The van der Waals surface area contributed by atoms with Gasteiger partial charge in [-0.2, -0.15) is 0 Å². The molecular formula is C25H27ClFNO4S. The Morgan fingerprint density at radius 1 is 1.27 bits per heavy atom. The Hall–Kier alpha value is -2.38. The van der Waals surface area contributed by atoms with Gasteiger partial charge in [-0.15, -0.1) is 0 Å². The van der Waals surface area contributed by atoms with E-state index < -0.39 is 27.5 Å². The van der Waals surface area contributed by atoms with Gasteiger partial charge in [-0.05, 0) is 67.5 Å². The molecule has 0 spiro atoms. The number of sulfone groups is 1. The number of carboxylic acids is 1. The van der Waals surface area contributed by atoms with Crippen LogP contribution in [0, 0.1) is 11.7 Å². The molecule has 0 aliphatic heterocycles. The van der Waals surface area contributed by atoms with Gasteiger partial charge in [0.2, 0.25) is 0 Å². The van der Waals surface area contributed by atoms with E-state index in [0.717, 1.165) is 35.6 Å². The van der Waals surface area contributed by atoms with Gasteiger partial charge in [0.25, 0.3) is 0 Å². The highest BCUT2D eigenvalue weighted by Gasteiger charge is 2.36. The predicted molar refractivity (Wildman–Crippen MR) is 127 cm³/mol. The number of hydrogen-bond donors (Lipinski definition) is 1. The highest BCUT2D eigenvalue weighted by Crippen LogP contribution is 2.45. The van der Waals surface area contributed by atoms with Crippen molar-refractivity contribution in [3.63, 3.8) is 0 Å². The average molecular weight is 492 g/mol. The van der Waals surface area contributed by atoms with Crippen LogP contribution in [-0.2, 0) is 34.0 Å². The van der Waals surface area contributed by atoms with Gasteiger partial charge in [0.15, 0.2) is 9.84 Å². The fraction of sp³-hybridized carbons (Fsp3) is 0.400. The molecule has 0 saturated heterocycles. The second kappa shape index (κ2) is 9.11. The van der Waals surface area contributed by atoms with Crippen molar-refractivity contribution in [3.8, 4) is 0 Å². The van der Waals surface area contributed by atoms with Crippen LogP contribution in [0.2, 0.25) is 5.02 Å². The Morgan fingerprint density at radius 2 is 1.97 bits per heavy atom. The maximum absolute atomic E-state index is 14.6. The first-order valence-corrected chi connectivity index (χ1v) is 13.4. The van der Waals surface area contributed by atoms with Gasteiger partial charge in [-0.3, -0.25) is 4.79 Å². The molecule has 1 unspecified atom stereocenters. The van der Waals surface area contributed by atoms with Crippen molar-refractivity contribution in [2.24, 2.45) is 5.92 Å². The first kappa shape index (κ1) is 23.8. The molecule has 4 rings (SSSR count). The third kappa shape index (κ3) is 4.53. The Bertz CT molecular complexity index is 1310. The zero-order valence-electron chi connectivity index (χ0n) is 18.6. The summed E-state index contributed by atoms with van der Waals surface area (Å²) in [7, 11) is -3.72. The number of halogens is 2. The summed E-state index contributed by atoms with van der Waals surface area (Å²) in [5, 5.41) is 11.1. The fourth-order valence-electron chi connectivity index (χ4n) is 5.26. The minimum atomic E-state index is -3.72. The number of hydrogen-bond acceptors (Lipinski definition) is 3. The predicted octanol–water partition coefficient (Wildman–Crippen LogP) is 5.61. The standard InChI is InChI=1S/C25H27ClFNO4S/c1-3-18(25(29)30)19-5-4-6-20-21-13-17(27)14-22(33(2,31)32)24(21)28(23(19)20)12-11-15-7-9-16(26)10-8-15/h7-10,13-14,18-19H,3-6,11-12H2,1-2H3,(H,29,30)/t18?,19-/m1/s1. The summed E-state index contributed by atoms with van der Waals surface area (Å²) in [6.07, 6.45) is 4.30. The van der Waals surface area contributed by atoms with E-state index in [1.54, 1.807) is 12.1 Å². The van der Waals surface area contributed by atoms with Crippen molar-refractivity contribution in [2.45, 2.75) is 56.4 Å². The monoisotopic (exact) mass is 491 g/mol. The third-order valence-corrected chi connectivity index (χ3v) is 8.07. The smallest absolute Gasteiger partial charge is 0.307 e. The molecule has 1 heterocycles. The SMILES string of the molecule is CCC(C(=O)O)[C@H]1CCCc2c1n(CCc1ccc(Cl)cc1)c1c(S(C)(=O)=O)cc(F)cc21. The highest BCUT2D eigenvalue weighted by atomic mass is 35.5. The molecule has 2 aromatic carbocycles. The Morgan fingerprint density at radius 3 is 2.58 bits per heavy atom. The topological polar surface area (TPSA) is 76.4 Å². The molecule has 0 saturated carbocycles. The van der Waals surface area contributed by atoms with Crippen LogP contribution in [-0.4, -0.2) is 30.3 Å². The third-order valence-electron chi connectivity index (χ3n) is 6.71. The van der Waals surface area contributed by atoms with Crippen molar-refractivity contribution >= 4 is 38.3 Å². The zero-order chi connectivity index (χ0) is 23.9. The number of nitrogens with zero attached hydrogens (tertiary/aromatic N) is 1. The van der Waals surface area contributed by atoms with Crippen molar-refractivity contribution in [1.29, 1.82) is 0 Å². The van der Waals surface area contributed by atoms with E-state index in [0.29, 0.717) is 48.2 Å². The van der Waals surface area contributed by atoms with Crippen LogP contribution >= 0.6 is 11.6 Å². The Kier molecular flexibility index (Phi) is 6.56. The number of benzene rings is 2. The van der Waals surface area contributed by atoms with Crippen molar-refractivity contribution in [2.75, 3.05) is 6.26 Å². The van der Waals surface area contributed by atoms with Gasteiger partial charge in [0.05, 0.1) is 16.3 Å². The van der Waals surface area contributed by atoms with Crippen molar-refractivity contribution < 1.29 is 22.7 Å². The van der Waals surface area contributed by atoms with Gasteiger partial charge < -0.3 is 9.67 Å². The van der Waals surface area contributed by atoms with Crippen LogP contribution in [0.4, 0.5) is 4.39 Å². The quantitative estimate of drug-likeness (QED) is 0.466. The lowest BCUT2D eigenvalue weighted by molar-refractivity contribution is -0.142. The number of aromatic nitrogens is 1. The van der Waals surface area contributed by atoms with E-state index >= 15 is 0 Å². The van der Waals surface area contributed by atoms with Crippen LogP contribution < -0.4 is 0 Å². The first-order valence-electron chi connectivity index (χ1n) is 11.1. The van der Waals surface area contributed by atoms with E-state index in [9.17, 15) is 22.7 Å². The summed E-state index contributed by atoms with van der Waals surface area (Å²) in [4.78, 5) is 12.0. The molecule has 1 aromatic heterocycles. The minimum Gasteiger partial charge on any atom is -0.481 e. The number of aliphatic carboxylic acids is 1. The van der Waals surface area contributed by atoms with Crippen molar-refractivity contribution in [1.82, 2.24) is 4.57 Å². The summed E-state index contributed by atoms with van der Waals surface area (Å²) >= 11 is 6.01. The van der Waals surface area contributed by atoms with E-state index in [2.05, 4.69) is 0 Å². The molecule has 1 N–H and O–H groups in total. The number of rotatable bonds is 7.